The summed E-state index contributed by atoms with van der Waals surface area (Å²) in [5.74, 6) is -1.19. The molecule has 3 rings (SSSR count). The first-order valence-electron chi connectivity index (χ1n) is 8.26. The van der Waals surface area contributed by atoms with Gasteiger partial charge >= 0.3 is 6.03 Å². The maximum Gasteiger partial charge on any atom is 0.336 e. The number of rotatable bonds is 4. The maximum atomic E-state index is 13.7. The third kappa shape index (κ3) is 5.20. The van der Waals surface area contributed by atoms with E-state index in [0.29, 0.717) is 27.1 Å². The van der Waals surface area contributed by atoms with Crippen LogP contribution in [0.15, 0.2) is 66.7 Å². The van der Waals surface area contributed by atoms with Crippen LogP contribution in [0.2, 0.25) is 10.0 Å². The van der Waals surface area contributed by atoms with Gasteiger partial charge in [0.15, 0.2) is 0 Å². The second kappa shape index (κ2) is 9.17. The molecule has 3 aromatic carbocycles. The summed E-state index contributed by atoms with van der Waals surface area (Å²) in [5, 5.41) is 5.95. The van der Waals surface area contributed by atoms with Gasteiger partial charge in [-0.2, -0.15) is 0 Å². The van der Waals surface area contributed by atoms with Gasteiger partial charge in [-0.25, -0.2) is 13.5 Å². The number of nitrogens with zero attached hydrogens (tertiary/aromatic N) is 1. The molecule has 0 atom stereocenters. The Morgan fingerprint density at radius 3 is 2.31 bits per heavy atom. The number of carbonyl (C=O) groups excluding carboxylic acids is 2. The summed E-state index contributed by atoms with van der Waals surface area (Å²) >= 11 is 16.1. The summed E-state index contributed by atoms with van der Waals surface area (Å²) in [6.07, 6.45) is 0. The van der Waals surface area contributed by atoms with E-state index in [0.717, 1.165) is 4.31 Å². The van der Waals surface area contributed by atoms with Gasteiger partial charge in [-0.3, -0.25) is 4.79 Å². The quantitative estimate of drug-likeness (QED) is 0.411. The standard InChI is InChI=1S/C20H14Cl2FN3O2S/c21-12-5-10-16(22)18(11-12)25-20(28)26(29)14-8-6-13(7-9-14)24-19(27)15-3-1-2-4-17(15)23/h1-11,29H,(H,24,27)(H,25,28). The van der Waals surface area contributed by atoms with Crippen molar-refractivity contribution < 1.29 is 14.0 Å². The summed E-state index contributed by atoms with van der Waals surface area (Å²) < 4.78 is 14.8. The number of nitrogens with one attached hydrogen (secondary N) is 2. The van der Waals surface area contributed by atoms with Crippen molar-refractivity contribution in [3.8, 4) is 0 Å². The Morgan fingerprint density at radius 2 is 1.62 bits per heavy atom. The Kier molecular flexibility index (Phi) is 6.64. The first kappa shape index (κ1) is 21.0. The van der Waals surface area contributed by atoms with Gasteiger partial charge in [0.05, 0.1) is 22.0 Å². The van der Waals surface area contributed by atoms with E-state index >= 15 is 0 Å². The molecule has 0 aliphatic rings. The monoisotopic (exact) mass is 449 g/mol. The van der Waals surface area contributed by atoms with Gasteiger partial charge in [0, 0.05) is 10.7 Å². The molecule has 0 radical (unpaired) electrons. The molecule has 3 amide bonds. The van der Waals surface area contributed by atoms with Crippen LogP contribution in [-0.2, 0) is 0 Å². The van der Waals surface area contributed by atoms with Gasteiger partial charge in [0.1, 0.15) is 5.82 Å². The van der Waals surface area contributed by atoms with Crippen molar-refractivity contribution in [2.45, 2.75) is 0 Å². The van der Waals surface area contributed by atoms with Crippen LogP contribution < -0.4 is 14.9 Å². The summed E-state index contributed by atoms with van der Waals surface area (Å²) in [6, 6.07) is 16.1. The number of benzene rings is 3. The summed E-state index contributed by atoms with van der Waals surface area (Å²) in [4.78, 5) is 24.5. The highest BCUT2D eigenvalue weighted by molar-refractivity contribution is 7.82. The molecule has 0 bridgehead atoms. The Bertz CT molecular complexity index is 1060. The van der Waals surface area contributed by atoms with Crippen molar-refractivity contribution in [2.75, 3.05) is 14.9 Å². The summed E-state index contributed by atoms with van der Waals surface area (Å²) in [6.45, 7) is 0. The number of urea groups is 1. The van der Waals surface area contributed by atoms with Crippen molar-refractivity contribution in [1.82, 2.24) is 0 Å². The molecule has 0 aliphatic carbocycles. The van der Waals surface area contributed by atoms with E-state index in [1.54, 1.807) is 42.5 Å². The van der Waals surface area contributed by atoms with E-state index < -0.39 is 17.8 Å². The van der Waals surface area contributed by atoms with Crippen LogP contribution in [0, 0.1) is 5.82 Å². The van der Waals surface area contributed by atoms with Crippen LogP contribution >= 0.6 is 36.0 Å². The molecule has 0 spiro atoms. The Hall–Kier alpha value is -2.74. The van der Waals surface area contributed by atoms with E-state index in [2.05, 4.69) is 23.4 Å². The molecule has 9 heteroatoms. The predicted molar refractivity (Wildman–Crippen MR) is 118 cm³/mol. The number of hydrogen-bond acceptors (Lipinski definition) is 3. The SMILES string of the molecule is O=C(Nc1ccc(N(S)C(=O)Nc2cc(Cl)ccc2Cl)cc1)c1ccccc1F. The molecule has 0 saturated carbocycles. The number of amides is 3. The summed E-state index contributed by atoms with van der Waals surface area (Å²) in [5.41, 5.74) is 1.15. The third-order valence-electron chi connectivity index (χ3n) is 3.85. The van der Waals surface area contributed by atoms with E-state index in [1.165, 1.54) is 24.3 Å². The van der Waals surface area contributed by atoms with Gasteiger partial charge in [-0.1, -0.05) is 48.1 Å². The molecule has 3 aromatic rings. The normalized spacial score (nSPS) is 10.3. The predicted octanol–water partition coefficient (Wildman–Crippen LogP) is 6.27. The van der Waals surface area contributed by atoms with Gasteiger partial charge in [0.2, 0.25) is 0 Å². The average Bonchev–Trinajstić information content (AvgIpc) is 2.71. The summed E-state index contributed by atoms with van der Waals surface area (Å²) in [7, 11) is 0. The lowest BCUT2D eigenvalue weighted by atomic mass is 10.2. The van der Waals surface area contributed by atoms with Crippen molar-refractivity contribution in [3.05, 3.63) is 88.2 Å². The smallest absolute Gasteiger partial charge is 0.322 e. The largest absolute Gasteiger partial charge is 0.336 e. The zero-order valence-corrected chi connectivity index (χ0v) is 17.1. The Balaban J connectivity index is 1.67. The van der Waals surface area contributed by atoms with Crippen LogP contribution in [0.3, 0.4) is 0 Å². The first-order valence-corrected chi connectivity index (χ1v) is 9.42. The molecule has 29 heavy (non-hydrogen) atoms. The number of hydrogen-bond donors (Lipinski definition) is 3. The van der Waals surface area contributed by atoms with Crippen molar-refractivity contribution in [1.29, 1.82) is 0 Å². The lowest BCUT2D eigenvalue weighted by Crippen LogP contribution is -2.26. The van der Waals surface area contributed by atoms with Crippen molar-refractivity contribution in [2.24, 2.45) is 0 Å². The van der Waals surface area contributed by atoms with Gasteiger partial charge in [-0.05, 0) is 54.6 Å². The fourth-order valence-corrected chi connectivity index (χ4v) is 2.93. The van der Waals surface area contributed by atoms with Crippen LogP contribution in [0.25, 0.3) is 0 Å². The molecule has 0 aliphatic heterocycles. The molecule has 2 N–H and O–H groups in total. The van der Waals surface area contributed by atoms with E-state index in [9.17, 15) is 14.0 Å². The highest BCUT2D eigenvalue weighted by Crippen LogP contribution is 2.27. The fraction of sp³-hybridized carbons (Fsp3) is 0. The highest BCUT2D eigenvalue weighted by Gasteiger charge is 2.15. The molecule has 0 aromatic heterocycles. The van der Waals surface area contributed by atoms with Crippen LogP contribution in [0.1, 0.15) is 10.4 Å². The Labute approximate surface area is 182 Å². The second-order valence-electron chi connectivity index (χ2n) is 5.85. The maximum absolute atomic E-state index is 13.7. The minimum Gasteiger partial charge on any atom is -0.322 e. The van der Waals surface area contributed by atoms with Gasteiger partial charge in [0.25, 0.3) is 5.91 Å². The van der Waals surface area contributed by atoms with Crippen molar-refractivity contribution >= 4 is 65.0 Å². The zero-order chi connectivity index (χ0) is 21.0. The van der Waals surface area contributed by atoms with Crippen LogP contribution in [-0.4, -0.2) is 11.9 Å². The molecule has 0 fully saturated rings. The molecular weight excluding hydrogens is 436 g/mol. The highest BCUT2D eigenvalue weighted by atomic mass is 35.5. The zero-order valence-electron chi connectivity index (χ0n) is 14.7. The lowest BCUT2D eigenvalue weighted by molar-refractivity contribution is 0.102. The lowest BCUT2D eigenvalue weighted by Gasteiger charge is -2.17. The molecular formula is C20H14Cl2FN3O2S. The van der Waals surface area contributed by atoms with Crippen LogP contribution in [0.5, 0.6) is 0 Å². The van der Waals surface area contributed by atoms with Gasteiger partial charge < -0.3 is 10.6 Å². The first-order chi connectivity index (χ1) is 13.8. The average molecular weight is 450 g/mol. The van der Waals surface area contributed by atoms with Crippen LogP contribution in [0.4, 0.5) is 26.2 Å². The number of anilines is 3. The van der Waals surface area contributed by atoms with Crippen molar-refractivity contribution in [3.63, 3.8) is 0 Å². The van der Waals surface area contributed by atoms with Gasteiger partial charge in [-0.15, -0.1) is 0 Å². The molecule has 0 unspecified atom stereocenters. The number of carbonyl (C=O) groups is 2. The molecule has 0 saturated heterocycles. The minimum absolute atomic E-state index is 0.0647. The number of thiol groups is 1. The molecule has 0 heterocycles. The van der Waals surface area contributed by atoms with E-state index in [-0.39, 0.29) is 5.56 Å². The molecule has 148 valence electrons. The topological polar surface area (TPSA) is 61.4 Å². The third-order valence-corrected chi connectivity index (χ3v) is 4.83. The van der Waals surface area contributed by atoms with E-state index in [1.807, 2.05) is 0 Å². The fourth-order valence-electron chi connectivity index (χ4n) is 2.41. The number of halogens is 3. The minimum atomic E-state index is -0.612. The second-order valence-corrected chi connectivity index (χ2v) is 7.09. The Morgan fingerprint density at radius 1 is 0.931 bits per heavy atom. The van der Waals surface area contributed by atoms with E-state index in [4.69, 9.17) is 23.2 Å². The molecule has 5 nitrogen and oxygen atoms in total.